The van der Waals surface area contributed by atoms with Crippen molar-refractivity contribution < 1.29 is 0 Å². The Hall–Kier alpha value is -0.546. The van der Waals surface area contributed by atoms with Gasteiger partial charge in [0, 0.05) is 0 Å². The summed E-state index contributed by atoms with van der Waals surface area (Å²) in [6.07, 6.45) is 0. The van der Waals surface area contributed by atoms with Crippen molar-refractivity contribution in [2.24, 2.45) is 0 Å². The van der Waals surface area contributed by atoms with Crippen LogP contribution in [0, 0.1) is 0 Å². The molecule has 0 heterocycles. The summed E-state index contributed by atoms with van der Waals surface area (Å²) < 4.78 is 0. The molecule has 0 atom stereocenters. The summed E-state index contributed by atoms with van der Waals surface area (Å²) in [6.45, 7) is -1.66. The highest BCUT2D eigenvalue weighted by Crippen LogP contribution is 2.03. The van der Waals surface area contributed by atoms with Crippen molar-refractivity contribution >= 4 is 47.8 Å². The molecule has 0 amide bonds. The molecule has 16 heavy (non-hydrogen) atoms. The molecule has 0 aromatic heterocycles. The lowest BCUT2D eigenvalue weighted by atomic mass is 10.4. The first-order valence-electron chi connectivity index (χ1n) is 5.17. The number of benzene rings is 2. The smallest absolute Gasteiger partial charge is 0.154 e. The minimum absolute atomic E-state index is 1.34. The number of hydrogen-bond donors (Lipinski definition) is 0. The third-order valence-corrected chi connectivity index (χ3v) is 13.6. The van der Waals surface area contributed by atoms with Crippen LogP contribution in [0.1, 0.15) is 0 Å². The average Bonchev–Trinajstić information content (AvgIpc) is 2.31. The van der Waals surface area contributed by atoms with E-state index in [1.807, 2.05) is 12.1 Å². The zero-order valence-electron chi connectivity index (χ0n) is 8.68. The van der Waals surface area contributed by atoms with Crippen LogP contribution in [0.3, 0.4) is 0 Å². The molecule has 0 saturated carbocycles. The quantitative estimate of drug-likeness (QED) is 0.595. The van der Waals surface area contributed by atoms with Crippen molar-refractivity contribution in [2.75, 3.05) is 0 Å². The highest BCUT2D eigenvalue weighted by atomic mass is 35.7. The minimum Gasteiger partial charge on any atom is -0.154 e. The Balaban J connectivity index is 2.40. The van der Waals surface area contributed by atoms with E-state index in [1.165, 1.54) is 10.4 Å². The van der Waals surface area contributed by atoms with E-state index < -0.39 is 15.2 Å². The van der Waals surface area contributed by atoms with Gasteiger partial charge in [0.2, 0.25) is 6.93 Å². The van der Waals surface area contributed by atoms with Crippen LogP contribution in [0.5, 0.6) is 0 Å². The molecule has 2 rings (SSSR count). The van der Waals surface area contributed by atoms with Gasteiger partial charge in [-0.3, -0.25) is 0 Å². The van der Waals surface area contributed by atoms with Crippen LogP contribution in [0.4, 0.5) is 0 Å². The van der Waals surface area contributed by atoms with Crippen LogP contribution >= 0.6 is 22.2 Å². The van der Waals surface area contributed by atoms with E-state index in [-0.39, 0.29) is 0 Å². The van der Waals surface area contributed by atoms with Gasteiger partial charge in [-0.05, 0) is 0 Å². The second kappa shape index (κ2) is 5.68. The maximum absolute atomic E-state index is 6.28. The number of halogens is 2. The zero-order chi connectivity index (χ0) is 11.4. The molecule has 2 aromatic carbocycles. The Labute approximate surface area is 108 Å². The predicted octanol–water partition coefficient (Wildman–Crippen LogP) is 1.80. The Morgan fingerprint density at radius 1 is 0.625 bits per heavy atom. The lowest BCUT2D eigenvalue weighted by Crippen LogP contribution is -2.50. The fraction of sp³-hybridized carbons (Fsp3) is 0. The molecular formula is C12H12Cl2Si2. The molecule has 0 aliphatic rings. The first-order valence-corrected chi connectivity index (χ1v) is 12.5. The van der Waals surface area contributed by atoms with Crippen LogP contribution in [-0.2, 0) is 0 Å². The molecule has 2 aromatic rings. The Bertz CT molecular complexity index is 392. The van der Waals surface area contributed by atoms with E-state index in [4.69, 9.17) is 22.2 Å². The zero-order valence-corrected chi connectivity index (χ0v) is 12.5. The summed E-state index contributed by atoms with van der Waals surface area (Å²) >= 11 is 12.6. The number of rotatable bonds is 3. The van der Waals surface area contributed by atoms with Crippen LogP contribution in [0.25, 0.3) is 0 Å². The summed E-state index contributed by atoms with van der Waals surface area (Å²) in [5.41, 5.74) is 0. The Morgan fingerprint density at radius 2 is 1.00 bits per heavy atom. The third kappa shape index (κ3) is 2.77. The lowest BCUT2D eigenvalue weighted by molar-refractivity contribution is 1.74. The first kappa shape index (κ1) is 11.9. The standard InChI is InChI=1S/C12H12Cl2Si2/c13-16(14)15(11-7-3-1-4-8-11)12-9-5-2-6-10-12/h1-10,15-16H. The van der Waals surface area contributed by atoms with Gasteiger partial charge in [0.1, 0.15) is 8.31 Å². The summed E-state index contributed by atoms with van der Waals surface area (Å²) in [5.74, 6) is 0. The fourth-order valence-corrected chi connectivity index (χ4v) is 12.4. The van der Waals surface area contributed by atoms with E-state index in [0.29, 0.717) is 0 Å². The van der Waals surface area contributed by atoms with Crippen molar-refractivity contribution in [3.63, 3.8) is 0 Å². The molecule has 0 radical (unpaired) electrons. The van der Waals surface area contributed by atoms with Gasteiger partial charge in [-0.2, -0.15) is 22.2 Å². The summed E-state index contributed by atoms with van der Waals surface area (Å²) in [6, 6.07) is 20.9. The SMILES string of the molecule is Cl[SiH](Cl)[SiH](c1ccccc1)c1ccccc1. The van der Waals surface area contributed by atoms with Gasteiger partial charge in [-0.25, -0.2) is 0 Å². The third-order valence-electron chi connectivity index (χ3n) is 2.57. The van der Waals surface area contributed by atoms with E-state index in [0.717, 1.165) is 0 Å². The van der Waals surface area contributed by atoms with Crippen molar-refractivity contribution in [3.05, 3.63) is 60.7 Å². The molecular weight excluding hydrogens is 271 g/mol. The van der Waals surface area contributed by atoms with Crippen molar-refractivity contribution in [3.8, 4) is 0 Å². The van der Waals surface area contributed by atoms with Gasteiger partial charge in [-0.15, -0.1) is 0 Å². The molecule has 0 spiro atoms. The van der Waals surface area contributed by atoms with E-state index in [1.54, 1.807) is 0 Å². The molecule has 0 fully saturated rings. The van der Waals surface area contributed by atoms with Crippen LogP contribution in [0.2, 0.25) is 0 Å². The van der Waals surface area contributed by atoms with E-state index >= 15 is 0 Å². The molecule has 0 saturated heterocycles. The molecule has 0 aliphatic heterocycles. The molecule has 0 aliphatic carbocycles. The predicted molar refractivity (Wildman–Crippen MR) is 78.2 cm³/mol. The monoisotopic (exact) mass is 282 g/mol. The highest BCUT2D eigenvalue weighted by Gasteiger charge is 2.24. The first-order chi connectivity index (χ1) is 7.79. The highest BCUT2D eigenvalue weighted by molar-refractivity contribution is 7.65. The molecule has 0 unspecified atom stereocenters. The van der Waals surface area contributed by atoms with Crippen molar-refractivity contribution in [2.45, 2.75) is 0 Å². The topological polar surface area (TPSA) is 0 Å². The maximum atomic E-state index is 6.28. The molecule has 0 bridgehead atoms. The molecule has 82 valence electrons. The average molecular weight is 283 g/mol. The van der Waals surface area contributed by atoms with Crippen molar-refractivity contribution in [1.82, 2.24) is 0 Å². The van der Waals surface area contributed by atoms with Gasteiger partial charge < -0.3 is 0 Å². The van der Waals surface area contributed by atoms with Gasteiger partial charge in [0.25, 0.3) is 0 Å². The molecule has 0 N–H and O–H groups in total. The summed E-state index contributed by atoms with van der Waals surface area (Å²) in [5, 5.41) is 2.69. The molecule has 0 nitrogen and oxygen atoms in total. The maximum Gasteiger partial charge on any atom is 0.232 e. The Kier molecular flexibility index (Phi) is 4.24. The van der Waals surface area contributed by atoms with Gasteiger partial charge in [0.05, 0.1) is 0 Å². The fourth-order valence-electron chi connectivity index (χ4n) is 1.80. The van der Waals surface area contributed by atoms with Crippen LogP contribution in [0.15, 0.2) is 60.7 Å². The van der Waals surface area contributed by atoms with Crippen molar-refractivity contribution in [1.29, 1.82) is 0 Å². The van der Waals surface area contributed by atoms with Gasteiger partial charge in [0.15, 0.2) is 0 Å². The summed E-state index contributed by atoms with van der Waals surface area (Å²) in [7, 11) is -1.35. The van der Waals surface area contributed by atoms with E-state index in [9.17, 15) is 0 Å². The second-order valence-electron chi connectivity index (χ2n) is 3.63. The largest absolute Gasteiger partial charge is 0.232 e. The van der Waals surface area contributed by atoms with E-state index in [2.05, 4.69) is 48.5 Å². The van der Waals surface area contributed by atoms with Gasteiger partial charge in [-0.1, -0.05) is 71.0 Å². The van der Waals surface area contributed by atoms with Gasteiger partial charge >= 0.3 is 0 Å². The molecule has 4 heteroatoms. The second-order valence-corrected chi connectivity index (χ2v) is 16.6. The van der Waals surface area contributed by atoms with Crippen LogP contribution in [-0.4, -0.2) is 15.2 Å². The normalized spacial score (nSPS) is 11.0. The summed E-state index contributed by atoms with van der Waals surface area (Å²) in [4.78, 5) is 0. The minimum atomic E-state index is -1.66. The Morgan fingerprint density at radius 3 is 1.31 bits per heavy atom. The van der Waals surface area contributed by atoms with Crippen LogP contribution < -0.4 is 10.4 Å². The lowest BCUT2D eigenvalue weighted by Gasteiger charge is -2.15. The number of hydrogen-bond acceptors (Lipinski definition) is 0.